The zero-order valence-corrected chi connectivity index (χ0v) is 15.9. The second-order valence-electron chi connectivity index (χ2n) is 5.94. The number of aliphatic carboxylic acids is 1. The highest BCUT2D eigenvalue weighted by Crippen LogP contribution is 2.32. The Morgan fingerprint density at radius 2 is 1.93 bits per heavy atom. The molecule has 2 aromatic rings. The fourth-order valence-electron chi connectivity index (χ4n) is 2.73. The number of carbonyl (C=O) groups is 2. The highest BCUT2D eigenvalue weighted by Gasteiger charge is 2.34. The van der Waals surface area contributed by atoms with Gasteiger partial charge in [0.2, 0.25) is 11.9 Å². The zero-order chi connectivity index (χ0) is 19.7. The van der Waals surface area contributed by atoms with Crippen molar-refractivity contribution in [2.24, 2.45) is 4.99 Å². The van der Waals surface area contributed by atoms with Crippen LogP contribution in [-0.4, -0.2) is 33.8 Å². The number of rotatable bonds is 3. The van der Waals surface area contributed by atoms with Crippen molar-refractivity contribution in [3.05, 3.63) is 45.7 Å². The number of amides is 1. The number of aromatic nitrogens is 2. The molecule has 27 heavy (non-hydrogen) atoms. The van der Waals surface area contributed by atoms with Crippen LogP contribution in [0.3, 0.4) is 0 Å². The monoisotopic (exact) mass is 406 g/mol. The molecule has 8 nitrogen and oxygen atoms in total. The van der Waals surface area contributed by atoms with Crippen molar-refractivity contribution in [2.75, 3.05) is 4.90 Å². The second-order valence-corrected chi connectivity index (χ2v) is 6.78. The number of aryl methyl sites for hydroxylation is 2. The average molecular weight is 407 g/mol. The Hall–Kier alpha value is -2.71. The summed E-state index contributed by atoms with van der Waals surface area (Å²) in [4.78, 5) is 37.6. The fourth-order valence-corrected chi connectivity index (χ4v) is 3.23. The van der Waals surface area contributed by atoms with Crippen LogP contribution in [0.25, 0.3) is 0 Å². The minimum absolute atomic E-state index is 0.0605. The number of aliphatic imine (C=N–C) groups is 1. The number of hydrogen-bond acceptors (Lipinski definition) is 6. The zero-order valence-electron chi connectivity index (χ0n) is 14.4. The van der Waals surface area contributed by atoms with Crippen molar-refractivity contribution in [2.45, 2.75) is 26.3 Å². The number of hydrogen-bond donors (Lipinski definition) is 1. The van der Waals surface area contributed by atoms with E-state index in [-0.39, 0.29) is 23.4 Å². The van der Waals surface area contributed by atoms with Crippen LogP contribution in [0.15, 0.2) is 29.3 Å². The first-order valence-corrected chi connectivity index (χ1v) is 8.66. The maximum Gasteiger partial charge on any atom is 0.253 e. The molecule has 1 aliphatic heterocycles. The number of benzene rings is 1. The Bertz CT molecular complexity index is 943. The molecule has 1 saturated heterocycles. The molecule has 0 spiro atoms. The largest absolute Gasteiger partial charge is 0.548 e. The van der Waals surface area contributed by atoms with Gasteiger partial charge in [-0.3, -0.25) is 10.1 Å². The third-order valence-electron chi connectivity index (χ3n) is 3.79. The van der Waals surface area contributed by atoms with E-state index in [1.54, 1.807) is 26.0 Å². The van der Waals surface area contributed by atoms with Crippen LogP contribution in [0, 0.1) is 13.8 Å². The molecule has 3 rings (SSSR count). The lowest BCUT2D eigenvalue weighted by atomic mass is 10.1. The smallest absolute Gasteiger partial charge is 0.253 e. The molecular formula is C17H14Cl2N5O3-. The van der Waals surface area contributed by atoms with E-state index >= 15 is 0 Å². The van der Waals surface area contributed by atoms with Crippen LogP contribution in [0.1, 0.15) is 17.8 Å². The van der Waals surface area contributed by atoms with Gasteiger partial charge >= 0.3 is 0 Å². The minimum Gasteiger partial charge on any atom is -0.548 e. The molecule has 0 aliphatic carbocycles. The number of carboxylic acids is 1. The average Bonchev–Trinajstić information content (AvgIpc) is 2.54. The van der Waals surface area contributed by atoms with Gasteiger partial charge in [0.15, 0.2) is 0 Å². The number of anilines is 1. The van der Waals surface area contributed by atoms with Crippen LogP contribution in [0.5, 0.6) is 0 Å². The Balaban J connectivity index is 2.16. The van der Waals surface area contributed by atoms with Gasteiger partial charge in [-0.1, -0.05) is 23.2 Å². The first-order chi connectivity index (χ1) is 12.7. The van der Waals surface area contributed by atoms with Crippen molar-refractivity contribution < 1.29 is 14.7 Å². The van der Waals surface area contributed by atoms with E-state index in [9.17, 15) is 14.7 Å². The van der Waals surface area contributed by atoms with Gasteiger partial charge in [-0.15, -0.1) is 0 Å². The van der Waals surface area contributed by atoms with Gasteiger partial charge in [0, 0.05) is 16.4 Å². The lowest BCUT2D eigenvalue weighted by molar-refractivity contribution is -0.307. The molecule has 1 atom stereocenters. The Kier molecular flexibility index (Phi) is 5.29. The van der Waals surface area contributed by atoms with Crippen LogP contribution in [-0.2, 0) is 9.59 Å². The summed E-state index contributed by atoms with van der Waals surface area (Å²) in [5.74, 6) is -1.94. The third kappa shape index (κ3) is 4.17. The van der Waals surface area contributed by atoms with Crippen molar-refractivity contribution in [3.8, 4) is 0 Å². The molecule has 0 saturated carbocycles. The topological polar surface area (TPSA) is 111 Å². The summed E-state index contributed by atoms with van der Waals surface area (Å²) in [7, 11) is 0. The highest BCUT2D eigenvalue weighted by atomic mass is 35.5. The van der Waals surface area contributed by atoms with Crippen molar-refractivity contribution in [1.82, 2.24) is 15.3 Å². The number of carboxylic acid groups (broad SMARTS) is 1. The summed E-state index contributed by atoms with van der Waals surface area (Å²) in [6.45, 7) is 3.55. The first-order valence-electron chi connectivity index (χ1n) is 7.90. The van der Waals surface area contributed by atoms with Gasteiger partial charge in [0.1, 0.15) is 0 Å². The minimum atomic E-state index is -1.44. The fraction of sp³-hybridized carbons (Fsp3) is 0.235. The number of nitrogens with one attached hydrogen (secondary N) is 1. The summed E-state index contributed by atoms with van der Waals surface area (Å²) >= 11 is 12.2. The maximum absolute atomic E-state index is 12.0. The van der Waals surface area contributed by atoms with Crippen molar-refractivity contribution >= 4 is 52.7 Å². The molecule has 1 N–H and O–H groups in total. The molecule has 0 radical (unpaired) electrons. The van der Waals surface area contributed by atoms with Gasteiger partial charge < -0.3 is 14.8 Å². The van der Waals surface area contributed by atoms with Crippen LogP contribution >= 0.6 is 23.2 Å². The quantitative estimate of drug-likeness (QED) is 0.827. The predicted octanol–water partition coefficient (Wildman–Crippen LogP) is 1.53. The third-order valence-corrected chi connectivity index (χ3v) is 4.33. The van der Waals surface area contributed by atoms with E-state index in [0.717, 1.165) is 0 Å². The van der Waals surface area contributed by atoms with Crippen molar-refractivity contribution in [1.29, 1.82) is 0 Å². The summed E-state index contributed by atoms with van der Waals surface area (Å²) < 4.78 is 0. The van der Waals surface area contributed by atoms with E-state index < -0.39 is 17.9 Å². The number of guanidine groups is 1. The molecule has 1 aromatic carbocycles. The first kappa shape index (κ1) is 19.1. The molecule has 1 fully saturated rings. The van der Waals surface area contributed by atoms with E-state index in [4.69, 9.17) is 23.2 Å². The molecule has 1 aliphatic rings. The van der Waals surface area contributed by atoms with Crippen LogP contribution in [0.2, 0.25) is 10.0 Å². The van der Waals surface area contributed by atoms with Gasteiger partial charge in [-0.2, -0.15) is 4.99 Å². The maximum atomic E-state index is 12.0. The van der Waals surface area contributed by atoms with E-state index in [1.807, 2.05) is 0 Å². The Labute approximate surface area is 164 Å². The lowest BCUT2D eigenvalue weighted by Gasteiger charge is -2.38. The normalized spacial score (nSPS) is 18.5. The van der Waals surface area contributed by atoms with E-state index in [0.29, 0.717) is 22.1 Å². The Morgan fingerprint density at radius 3 is 2.52 bits per heavy atom. The van der Waals surface area contributed by atoms with Gasteiger partial charge in [-0.25, -0.2) is 9.97 Å². The Morgan fingerprint density at radius 1 is 1.26 bits per heavy atom. The summed E-state index contributed by atoms with van der Waals surface area (Å²) in [6, 6.07) is 5.02. The molecule has 2 heterocycles. The van der Waals surface area contributed by atoms with Gasteiger partial charge in [0.05, 0.1) is 29.1 Å². The molecule has 0 unspecified atom stereocenters. The highest BCUT2D eigenvalue weighted by molar-refractivity contribution is 6.37. The van der Waals surface area contributed by atoms with E-state index in [1.165, 1.54) is 17.0 Å². The molecule has 1 amide bonds. The second kappa shape index (κ2) is 7.50. The molecule has 1 aromatic heterocycles. The lowest BCUT2D eigenvalue weighted by Crippen LogP contribution is -2.61. The standard InChI is InChI=1S/C17H15Cl2N5O3/c1-8-5-9(2)21-16(20-8)23-17-22-14(25)7-13(15(26)27)24(17)12-4-3-10(18)6-11(12)19/h3-6,13H,7H2,1-2H3,(H,26,27)(H,20,21,22,23,25)/p-1/t13-/m1/s1. The summed E-state index contributed by atoms with van der Waals surface area (Å²) in [5, 5.41) is 14.8. The number of halogens is 2. The summed E-state index contributed by atoms with van der Waals surface area (Å²) in [6.07, 6.45) is -0.325. The van der Waals surface area contributed by atoms with Gasteiger partial charge in [-0.05, 0) is 38.1 Å². The molecule has 10 heteroatoms. The van der Waals surface area contributed by atoms with Gasteiger partial charge in [0.25, 0.3) is 5.95 Å². The van der Waals surface area contributed by atoms with Crippen LogP contribution < -0.4 is 15.3 Å². The number of carbonyl (C=O) groups excluding carboxylic acids is 2. The molecule has 0 bridgehead atoms. The SMILES string of the molecule is Cc1cc(C)nc(/N=C2\NC(=O)C[C@H](C(=O)[O-])N2c2ccc(Cl)cc2Cl)n1. The number of nitrogens with zero attached hydrogens (tertiary/aromatic N) is 4. The van der Waals surface area contributed by atoms with Crippen molar-refractivity contribution in [3.63, 3.8) is 0 Å². The van der Waals surface area contributed by atoms with Crippen LogP contribution in [0.4, 0.5) is 11.6 Å². The molecule has 140 valence electrons. The predicted molar refractivity (Wildman–Crippen MR) is 99.1 cm³/mol. The summed E-state index contributed by atoms with van der Waals surface area (Å²) in [5.41, 5.74) is 1.66. The molecular weight excluding hydrogens is 393 g/mol. The van der Waals surface area contributed by atoms with E-state index in [2.05, 4.69) is 20.3 Å².